The van der Waals surface area contributed by atoms with Gasteiger partial charge in [0, 0.05) is 6.20 Å². The first-order chi connectivity index (χ1) is 9.47. The summed E-state index contributed by atoms with van der Waals surface area (Å²) in [5.41, 5.74) is 0.964. The van der Waals surface area contributed by atoms with Crippen molar-refractivity contribution in [2.24, 2.45) is 0 Å². The van der Waals surface area contributed by atoms with Gasteiger partial charge < -0.3 is 15.0 Å². The molecule has 1 aromatic heterocycles. The molecule has 5 nitrogen and oxygen atoms in total. The van der Waals surface area contributed by atoms with Crippen LogP contribution in [0.15, 0.2) is 36.5 Å². The molecule has 0 radical (unpaired) electrons. The summed E-state index contributed by atoms with van der Waals surface area (Å²) in [4.78, 5) is 22.7. The van der Waals surface area contributed by atoms with Crippen LogP contribution in [0, 0.1) is 12.7 Å². The van der Waals surface area contributed by atoms with E-state index < -0.39 is 17.7 Å². The highest BCUT2D eigenvalue weighted by molar-refractivity contribution is 6.03. The lowest BCUT2D eigenvalue weighted by Crippen LogP contribution is -2.19. The maximum atomic E-state index is 13.6. The van der Waals surface area contributed by atoms with Crippen molar-refractivity contribution in [2.45, 2.75) is 13.5 Å². The lowest BCUT2D eigenvalue weighted by atomic mass is 10.2. The number of carbonyl (C=O) groups is 2. The van der Waals surface area contributed by atoms with E-state index in [1.807, 2.05) is 0 Å². The fourth-order valence-corrected chi connectivity index (χ4v) is 1.81. The molecule has 0 aliphatic carbocycles. The number of hydrogen-bond donors (Lipinski definition) is 2. The van der Waals surface area contributed by atoms with Crippen LogP contribution in [0.3, 0.4) is 0 Å². The van der Waals surface area contributed by atoms with E-state index in [-0.39, 0.29) is 17.9 Å². The number of carboxylic acid groups (broad SMARTS) is 1. The Hall–Kier alpha value is -2.63. The molecule has 0 spiro atoms. The molecule has 20 heavy (non-hydrogen) atoms. The summed E-state index contributed by atoms with van der Waals surface area (Å²) in [6.07, 6.45) is 1.48. The van der Waals surface area contributed by atoms with Gasteiger partial charge in [-0.25, -0.2) is 4.39 Å². The zero-order valence-electron chi connectivity index (χ0n) is 10.8. The number of carboxylic acids is 1. The Kier molecular flexibility index (Phi) is 3.84. The third kappa shape index (κ3) is 3.03. The molecule has 6 heteroatoms. The second-order valence-corrected chi connectivity index (χ2v) is 4.35. The van der Waals surface area contributed by atoms with Gasteiger partial charge in [-0.1, -0.05) is 6.07 Å². The Morgan fingerprint density at radius 1 is 1.35 bits per heavy atom. The summed E-state index contributed by atoms with van der Waals surface area (Å²) in [6, 6.07) is 7.49. The van der Waals surface area contributed by atoms with Crippen molar-refractivity contribution in [3.63, 3.8) is 0 Å². The molecule has 1 heterocycles. The SMILES string of the molecule is Cc1ccc(NC(=O)c2cccn2CC(=O)O)c(F)c1. The molecule has 0 fully saturated rings. The fraction of sp³-hybridized carbons (Fsp3) is 0.143. The zero-order chi connectivity index (χ0) is 14.7. The Labute approximate surface area is 114 Å². The van der Waals surface area contributed by atoms with E-state index >= 15 is 0 Å². The molecule has 0 atom stereocenters. The Bertz CT molecular complexity index is 664. The van der Waals surface area contributed by atoms with E-state index in [4.69, 9.17) is 5.11 Å². The highest BCUT2D eigenvalue weighted by Crippen LogP contribution is 2.16. The predicted octanol–water partition coefficient (Wildman–Crippen LogP) is 2.27. The molecule has 104 valence electrons. The monoisotopic (exact) mass is 276 g/mol. The second kappa shape index (κ2) is 5.56. The van der Waals surface area contributed by atoms with Gasteiger partial charge >= 0.3 is 5.97 Å². The molecule has 2 aromatic rings. The number of carbonyl (C=O) groups excluding carboxylic acids is 1. The maximum absolute atomic E-state index is 13.6. The number of benzene rings is 1. The van der Waals surface area contributed by atoms with E-state index in [0.29, 0.717) is 0 Å². The molecule has 0 unspecified atom stereocenters. The number of nitrogens with one attached hydrogen (secondary N) is 1. The number of hydrogen-bond acceptors (Lipinski definition) is 2. The van der Waals surface area contributed by atoms with E-state index in [1.165, 1.54) is 29.0 Å². The lowest BCUT2D eigenvalue weighted by Gasteiger charge is -2.09. The minimum absolute atomic E-state index is 0.0590. The van der Waals surface area contributed by atoms with Crippen molar-refractivity contribution in [1.29, 1.82) is 0 Å². The molecular formula is C14H13FN2O3. The molecule has 0 saturated heterocycles. The average molecular weight is 276 g/mol. The largest absolute Gasteiger partial charge is 0.480 e. The van der Waals surface area contributed by atoms with Crippen LogP contribution >= 0.6 is 0 Å². The molecule has 0 saturated carbocycles. The van der Waals surface area contributed by atoms with Gasteiger partial charge in [-0.2, -0.15) is 0 Å². The molecule has 2 N–H and O–H groups in total. The highest BCUT2D eigenvalue weighted by Gasteiger charge is 2.14. The Morgan fingerprint density at radius 3 is 2.75 bits per heavy atom. The Balaban J connectivity index is 2.20. The third-order valence-corrected chi connectivity index (χ3v) is 2.74. The summed E-state index contributed by atoms with van der Waals surface area (Å²) in [5, 5.41) is 11.2. The first kappa shape index (κ1) is 13.8. The van der Waals surface area contributed by atoms with Crippen LogP contribution in [0.4, 0.5) is 10.1 Å². The number of nitrogens with zero attached hydrogens (tertiary/aromatic N) is 1. The van der Waals surface area contributed by atoms with E-state index in [0.717, 1.165) is 5.56 Å². The summed E-state index contributed by atoms with van der Waals surface area (Å²) in [6.45, 7) is 1.42. The van der Waals surface area contributed by atoms with Crippen molar-refractivity contribution >= 4 is 17.6 Å². The Morgan fingerprint density at radius 2 is 2.10 bits per heavy atom. The molecule has 0 aliphatic rings. The van der Waals surface area contributed by atoms with Crippen molar-refractivity contribution in [3.8, 4) is 0 Å². The summed E-state index contributed by atoms with van der Waals surface area (Å²) >= 11 is 0. The standard InChI is InChI=1S/C14H13FN2O3/c1-9-4-5-11(10(15)7-9)16-14(20)12-3-2-6-17(12)8-13(18)19/h2-7H,8H2,1H3,(H,16,20)(H,18,19). The minimum Gasteiger partial charge on any atom is -0.480 e. The molecule has 1 amide bonds. The van der Waals surface area contributed by atoms with Crippen molar-refractivity contribution in [1.82, 2.24) is 4.57 Å². The van der Waals surface area contributed by atoms with E-state index in [1.54, 1.807) is 19.1 Å². The first-order valence-corrected chi connectivity index (χ1v) is 5.92. The van der Waals surface area contributed by atoms with Crippen LogP contribution in [0.2, 0.25) is 0 Å². The fourth-order valence-electron chi connectivity index (χ4n) is 1.81. The number of aliphatic carboxylic acids is 1. The van der Waals surface area contributed by atoms with Crippen LogP contribution in [-0.2, 0) is 11.3 Å². The van der Waals surface area contributed by atoms with Crippen molar-refractivity contribution < 1.29 is 19.1 Å². The summed E-state index contributed by atoms with van der Waals surface area (Å²) in [7, 11) is 0. The zero-order valence-corrected chi connectivity index (χ0v) is 10.8. The average Bonchev–Trinajstić information content (AvgIpc) is 2.80. The van der Waals surface area contributed by atoms with Crippen molar-refractivity contribution in [2.75, 3.05) is 5.32 Å². The second-order valence-electron chi connectivity index (χ2n) is 4.35. The summed E-state index contributed by atoms with van der Waals surface area (Å²) in [5.74, 6) is -2.15. The van der Waals surface area contributed by atoms with Gasteiger partial charge in [0.2, 0.25) is 0 Å². The van der Waals surface area contributed by atoms with E-state index in [9.17, 15) is 14.0 Å². The molecule has 0 bridgehead atoms. The van der Waals surface area contributed by atoms with Crippen LogP contribution in [0.1, 0.15) is 16.1 Å². The van der Waals surface area contributed by atoms with Crippen LogP contribution in [-0.4, -0.2) is 21.6 Å². The van der Waals surface area contributed by atoms with Gasteiger partial charge in [-0.05, 0) is 36.8 Å². The number of rotatable bonds is 4. The number of aromatic nitrogens is 1. The number of aryl methyl sites for hydroxylation is 1. The first-order valence-electron chi connectivity index (χ1n) is 5.92. The maximum Gasteiger partial charge on any atom is 0.323 e. The van der Waals surface area contributed by atoms with Crippen LogP contribution in [0.5, 0.6) is 0 Å². The minimum atomic E-state index is -1.06. The van der Waals surface area contributed by atoms with Gasteiger partial charge in [0.05, 0.1) is 5.69 Å². The quantitative estimate of drug-likeness (QED) is 0.899. The smallest absolute Gasteiger partial charge is 0.323 e. The molecular weight excluding hydrogens is 263 g/mol. The molecule has 2 rings (SSSR count). The van der Waals surface area contributed by atoms with Crippen LogP contribution < -0.4 is 5.32 Å². The predicted molar refractivity (Wildman–Crippen MR) is 71.2 cm³/mol. The number of anilines is 1. The van der Waals surface area contributed by atoms with Gasteiger partial charge in [0.1, 0.15) is 18.1 Å². The normalized spacial score (nSPS) is 10.3. The third-order valence-electron chi connectivity index (χ3n) is 2.74. The number of halogens is 1. The number of amides is 1. The molecule has 0 aliphatic heterocycles. The highest BCUT2D eigenvalue weighted by atomic mass is 19.1. The lowest BCUT2D eigenvalue weighted by molar-refractivity contribution is -0.137. The van der Waals surface area contributed by atoms with Gasteiger partial charge in [-0.15, -0.1) is 0 Å². The summed E-state index contributed by atoms with van der Waals surface area (Å²) < 4.78 is 14.9. The van der Waals surface area contributed by atoms with Crippen LogP contribution in [0.25, 0.3) is 0 Å². The van der Waals surface area contributed by atoms with E-state index in [2.05, 4.69) is 5.32 Å². The molecule has 1 aromatic carbocycles. The van der Waals surface area contributed by atoms with Gasteiger partial charge in [0.25, 0.3) is 5.91 Å². The van der Waals surface area contributed by atoms with Gasteiger partial charge in [-0.3, -0.25) is 9.59 Å². The topological polar surface area (TPSA) is 71.3 Å². The van der Waals surface area contributed by atoms with Crippen molar-refractivity contribution in [3.05, 3.63) is 53.6 Å². The van der Waals surface area contributed by atoms with Gasteiger partial charge in [0.15, 0.2) is 0 Å².